The fourth-order valence-electron chi connectivity index (χ4n) is 3.62. The second kappa shape index (κ2) is 6.28. The van der Waals surface area contributed by atoms with Crippen molar-refractivity contribution in [3.05, 3.63) is 59.7 Å². The van der Waals surface area contributed by atoms with E-state index in [1.54, 1.807) is 48.5 Å². The van der Waals surface area contributed by atoms with Gasteiger partial charge >= 0.3 is 0 Å². The lowest BCUT2D eigenvalue weighted by Crippen LogP contribution is -1.98. The summed E-state index contributed by atoms with van der Waals surface area (Å²) in [7, 11) is 0. The van der Waals surface area contributed by atoms with E-state index in [1.165, 1.54) is 0 Å². The van der Waals surface area contributed by atoms with Crippen molar-refractivity contribution in [3.63, 3.8) is 0 Å². The maximum Gasteiger partial charge on any atom is 0.169 e. The molecule has 28 heavy (non-hydrogen) atoms. The quantitative estimate of drug-likeness (QED) is 0.317. The maximum absolute atomic E-state index is 11.8. The Labute approximate surface area is 158 Å². The molecule has 0 aromatic heterocycles. The van der Waals surface area contributed by atoms with Gasteiger partial charge in [0, 0.05) is 21.9 Å². The first-order valence-electron chi connectivity index (χ1n) is 8.35. The van der Waals surface area contributed by atoms with Crippen molar-refractivity contribution in [3.8, 4) is 34.1 Å². The Kier molecular flexibility index (Phi) is 3.89. The molecule has 0 aliphatic rings. The molecule has 138 valence electrons. The van der Waals surface area contributed by atoms with Crippen molar-refractivity contribution in [2.45, 2.75) is 0 Å². The Morgan fingerprint density at radius 2 is 0.821 bits per heavy atom. The molecule has 0 aliphatic carbocycles. The van der Waals surface area contributed by atoms with E-state index in [0.29, 0.717) is 23.3 Å². The number of aromatic hydroxyl groups is 4. The second-order valence-electron chi connectivity index (χ2n) is 6.30. The van der Waals surface area contributed by atoms with Gasteiger partial charge in [-0.3, -0.25) is 9.59 Å². The first-order valence-corrected chi connectivity index (χ1v) is 8.35. The topological polar surface area (TPSA) is 115 Å². The number of hydrogen-bond donors (Lipinski definition) is 4. The van der Waals surface area contributed by atoms with Gasteiger partial charge in [-0.05, 0) is 10.8 Å². The van der Waals surface area contributed by atoms with Gasteiger partial charge in [0.2, 0.25) is 0 Å². The third-order valence-corrected chi connectivity index (χ3v) is 4.89. The molecule has 0 amide bonds. The van der Waals surface area contributed by atoms with Gasteiger partial charge in [0.25, 0.3) is 0 Å². The molecule has 0 unspecified atom stereocenters. The summed E-state index contributed by atoms with van der Waals surface area (Å²) in [6.07, 6.45) is 0.758. The van der Waals surface area contributed by atoms with E-state index < -0.39 is 23.0 Å². The lowest BCUT2D eigenvalue weighted by atomic mass is 9.86. The van der Waals surface area contributed by atoms with Crippen LogP contribution in [0.2, 0.25) is 0 Å². The van der Waals surface area contributed by atoms with Gasteiger partial charge in [-0.25, -0.2) is 0 Å². The van der Waals surface area contributed by atoms with Crippen molar-refractivity contribution in [1.82, 2.24) is 0 Å². The molecule has 0 spiro atoms. The van der Waals surface area contributed by atoms with E-state index in [0.717, 1.165) is 0 Å². The Hall–Kier alpha value is -4.06. The summed E-state index contributed by atoms with van der Waals surface area (Å²) in [5.41, 5.74) is -0.104. The average molecular weight is 374 g/mol. The zero-order valence-corrected chi connectivity index (χ0v) is 14.4. The van der Waals surface area contributed by atoms with Crippen molar-refractivity contribution >= 4 is 34.1 Å². The number of carbonyl (C=O) groups is 2. The fraction of sp³-hybridized carbons (Fsp3) is 0. The molecule has 4 N–H and O–H groups in total. The van der Waals surface area contributed by atoms with Crippen molar-refractivity contribution in [1.29, 1.82) is 0 Å². The fourth-order valence-corrected chi connectivity index (χ4v) is 3.62. The van der Waals surface area contributed by atoms with Gasteiger partial charge < -0.3 is 20.4 Å². The van der Waals surface area contributed by atoms with Crippen LogP contribution in [-0.2, 0) is 0 Å². The summed E-state index contributed by atoms with van der Waals surface area (Å²) in [6.45, 7) is 0. The van der Waals surface area contributed by atoms with E-state index in [9.17, 15) is 30.0 Å². The van der Waals surface area contributed by atoms with Crippen molar-refractivity contribution < 1.29 is 30.0 Å². The molecule has 0 aliphatic heterocycles. The average Bonchev–Trinajstić information content (AvgIpc) is 2.73. The van der Waals surface area contributed by atoms with Gasteiger partial charge in [-0.1, -0.05) is 48.5 Å². The van der Waals surface area contributed by atoms with Crippen LogP contribution in [0.15, 0.2) is 48.5 Å². The highest BCUT2D eigenvalue weighted by molar-refractivity contribution is 6.18. The minimum atomic E-state index is -0.628. The second-order valence-corrected chi connectivity index (χ2v) is 6.30. The number of rotatable bonds is 3. The molecule has 4 rings (SSSR count). The smallest absolute Gasteiger partial charge is 0.169 e. The van der Waals surface area contributed by atoms with Crippen molar-refractivity contribution in [2.24, 2.45) is 0 Å². The largest absolute Gasteiger partial charge is 0.504 e. The summed E-state index contributed by atoms with van der Waals surface area (Å²) in [6, 6.07) is 13.0. The van der Waals surface area contributed by atoms with E-state index >= 15 is 0 Å². The standard InChI is InChI=1S/C22H14O6/c23-9-15-17(11-5-1-3-7-13(11)19(25)21(15)27)18-12-6-2-4-8-14(12)20(26)22(28)16(18)10-24/h1-10,25-28H. The predicted octanol–water partition coefficient (Wildman–Crippen LogP) is 4.11. The lowest BCUT2D eigenvalue weighted by molar-refractivity contribution is 0.111. The Morgan fingerprint density at radius 3 is 1.14 bits per heavy atom. The molecule has 0 heterocycles. The first-order chi connectivity index (χ1) is 13.5. The van der Waals surface area contributed by atoms with Crippen LogP contribution < -0.4 is 0 Å². The monoisotopic (exact) mass is 374 g/mol. The van der Waals surface area contributed by atoms with Crippen LogP contribution >= 0.6 is 0 Å². The van der Waals surface area contributed by atoms with Crippen LogP contribution in [0, 0.1) is 0 Å². The first kappa shape index (κ1) is 17.4. The van der Waals surface area contributed by atoms with Crippen molar-refractivity contribution in [2.75, 3.05) is 0 Å². The molecule has 0 saturated carbocycles. The van der Waals surface area contributed by atoms with Crippen LogP contribution in [0.25, 0.3) is 32.7 Å². The molecular formula is C22H14O6. The third kappa shape index (κ3) is 2.21. The number of benzene rings is 4. The van der Waals surface area contributed by atoms with Gasteiger partial charge in [0.05, 0.1) is 11.1 Å². The molecule has 4 aromatic rings. The highest BCUT2D eigenvalue weighted by Gasteiger charge is 2.26. The molecular weight excluding hydrogens is 360 g/mol. The van der Waals surface area contributed by atoms with Crippen LogP contribution in [0.5, 0.6) is 23.0 Å². The molecule has 0 radical (unpaired) electrons. The molecule has 6 nitrogen and oxygen atoms in total. The van der Waals surface area contributed by atoms with Crippen LogP contribution in [0.4, 0.5) is 0 Å². The highest BCUT2D eigenvalue weighted by atomic mass is 16.3. The third-order valence-electron chi connectivity index (χ3n) is 4.89. The van der Waals surface area contributed by atoms with Gasteiger partial charge in [-0.2, -0.15) is 0 Å². The van der Waals surface area contributed by atoms with E-state index in [2.05, 4.69) is 0 Å². The van der Waals surface area contributed by atoms with Crippen LogP contribution in [0.1, 0.15) is 20.7 Å². The summed E-state index contributed by atoms with van der Waals surface area (Å²) >= 11 is 0. The summed E-state index contributed by atoms with van der Waals surface area (Å²) in [4.78, 5) is 23.7. The van der Waals surface area contributed by atoms with Gasteiger partial charge in [0.1, 0.15) is 0 Å². The Balaban J connectivity index is 2.36. The minimum absolute atomic E-state index is 0.175. The number of fused-ring (bicyclic) bond motifs is 2. The normalized spacial score (nSPS) is 11.0. The summed E-state index contributed by atoms with van der Waals surface area (Å²) < 4.78 is 0. The lowest BCUT2D eigenvalue weighted by Gasteiger charge is -2.18. The zero-order valence-electron chi connectivity index (χ0n) is 14.4. The summed E-state index contributed by atoms with van der Waals surface area (Å²) in [5, 5.41) is 42.8. The number of hydrogen-bond acceptors (Lipinski definition) is 6. The molecule has 0 atom stereocenters. The number of phenolic OH excluding ortho intramolecular Hbond substituents is 4. The Morgan fingerprint density at radius 1 is 0.500 bits per heavy atom. The van der Waals surface area contributed by atoms with Gasteiger partial charge in [-0.15, -0.1) is 0 Å². The minimum Gasteiger partial charge on any atom is -0.504 e. The number of phenols is 4. The highest BCUT2D eigenvalue weighted by Crippen LogP contribution is 2.50. The predicted molar refractivity (Wildman–Crippen MR) is 104 cm³/mol. The SMILES string of the molecule is O=Cc1c(O)c(O)c2ccccc2c1-c1c(C=O)c(O)c(O)c2ccccc12. The van der Waals surface area contributed by atoms with E-state index in [1.807, 2.05) is 0 Å². The Bertz CT molecular complexity index is 1190. The molecule has 0 bridgehead atoms. The molecule has 4 aromatic carbocycles. The number of aldehydes is 2. The summed E-state index contributed by atoms with van der Waals surface area (Å²) in [5.74, 6) is -2.17. The van der Waals surface area contributed by atoms with Gasteiger partial charge in [0.15, 0.2) is 35.6 Å². The van der Waals surface area contributed by atoms with Crippen LogP contribution in [0.3, 0.4) is 0 Å². The zero-order chi connectivity index (χ0) is 20.0. The van der Waals surface area contributed by atoms with E-state index in [-0.39, 0.29) is 33.0 Å². The van der Waals surface area contributed by atoms with Crippen LogP contribution in [-0.4, -0.2) is 33.0 Å². The molecule has 6 heteroatoms. The maximum atomic E-state index is 11.8. The van der Waals surface area contributed by atoms with E-state index in [4.69, 9.17) is 0 Å². The number of carbonyl (C=O) groups excluding carboxylic acids is 2. The molecule has 0 fully saturated rings. The molecule has 0 saturated heterocycles.